The van der Waals surface area contributed by atoms with Crippen molar-refractivity contribution in [3.8, 4) is 0 Å². The highest BCUT2D eigenvalue weighted by atomic mass is 32.2. The zero-order chi connectivity index (χ0) is 23.8. The monoisotopic (exact) mass is 465 g/mol. The Labute approximate surface area is 196 Å². The van der Waals surface area contributed by atoms with Gasteiger partial charge in [0.25, 0.3) is 15.9 Å². The molecule has 0 spiro atoms. The van der Waals surface area contributed by atoms with Crippen molar-refractivity contribution >= 4 is 21.6 Å². The number of aryl methyl sites for hydroxylation is 1. The maximum absolute atomic E-state index is 13.1. The fourth-order valence-electron chi connectivity index (χ4n) is 3.48. The number of rotatable bonds is 10. The molecule has 1 N–H and O–H groups in total. The largest absolute Gasteiger partial charge is 0.352 e. The van der Waals surface area contributed by atoms with Gasteiger partial charge in [-0.1, -0.05) is 54.1 Å². The number of sulfonamides is 1. The van der Waals surface area contributed by atoms with Crippen molar-refractivity contribution in [3.05, 3.63) is 95.6 Å². The summed E-state index contributed by atoms with van der Waals surface area (Å²) in [5, 5.41) is 2.89. The topological polar surface area (TPSA) is 69.7 Å². The summed E-state index contributed by atoms with van der Waals surface area (Å²) in [6, 6.07) is 23.6. The Morgan fingerprint density at radius 1 is 0.909 bits per heavy atom. The number of benzene rings is 3. The van der Waals surface area contributed by atoms with Crippen molar-refractivity contribution in [3.63, 3.8) is 0 Å². The van der Waals surface area contributed by atoms with E-state index in [9.17, 15) is 13.2 Å². The summed E-state index contributed by atoms with van der Waals surface area (Å²) in [6.45, 7) is 4.15. The Kier molecular flexibility index (Phi) is 8.25. The molecule has 3 rings (SSSR count). The van der Waals surface area contributed by atoms with E-state index in [1.807, 2.05) is 44.3 Å². The summed E-state index contributed by atoms with van der Waals surface area (Å²) in [7, 11) is -0.219. The van der Waals surface area contributed by atoms with Gasteiger partial charge >= 0.3 is 0 Å². The van der Waals surface area contributed by atoms with E-state index in [2.05, 4.69) is 22.3 Å². The van der Waals surface area contributed by atoms with Crippen LogP contribution in [0, 0.1) is 6.92 Å². The first-order valence-corrected chi connectivity index (χ1v) is 12.4. The van der Waals surface area contributed by atoms with Crippen LogP contribution in [0.4, 0.5) is 5.69 Å². The molecule has 0 unspecified atom stereocenters. The van der Waals surface area contributed by atoms with Crippen molar-refractivity contribution in [1.29, 1.82) is 0 Å². The van der Waals surface area contributed by atoms with Crippen LogP contribution in [0.25, 0.3) is 0 Å². The molecule has 0 aliphatic rings. The summed E-state index contributed by atoms with van der Waals surface area (Å²) in [5.41, 5.74) is 3.19. The van der Waals surface area contributed by atoms with Gasteiger partial charge in [0.1, 0.15) is 0 Å². The molecular weight excluding hydrogens is 434 g/mol. The van der Waals surface area contributed by atoms with E-state index in [4.69, 9.17) is 0 Å². The quantitative estimate of drug-likeness (QED) is 0.458. The van der Waals surface area contributed by atoms with E-state index >= 15 is 0 Å². The Morgan fingerprint density at radius 2 is 1.61 bits per heavy atom. The Balaban J connectivity index is 1.56. The normalized spacial score (nSPS) is 11.4. The van der Waals surface area contributed by atoms with Gasteiger partial charge in [-0.05, 0) is 62.8 Å². The molecule has 0 aliphatic heterocycles. The molecule has 3 aromatic rings. The number of carbonyl (C=O) groups excluding carboxylic acids is 1. The molecule has 0 fully saturated rings. The van der Waals surface area contributed by atoms with Crippen LogP contribution in [0.1, 0.15) is 27.9 Å². The van der Waals surface area contributed by atoms with E-state index in [0.29, 0.717) is 17.8 Å². The number of hydrogen-bond acceptors (Lipinski definition) is 4. The number of nitrogens with one attached hydrogen (secondary N) is 1. The second-order valence-electron chi connectivity index (χ2n) is 8.17. The number of carbonyl (C=O) groups is 1. The van der Waals surface area contributed by atoms with E-state index in [0.717, 1.165) is 25.1 Å². The minimum atomic E-state index is -3.78. The average Bonchev–Trinajstić information content (AvgIpc) is 2.82. The predicted octanol–water partition coefficient (Wildman–Crippen LogP) is 4.07. The van der Waals surface area contributed by atoms with Gasteiger partial charge in [-0.25, -0.2) is 8.42 Å². The molecule has 0 bridgehead atoms. The number of anilines is 1. The summed E-state index contributed by atoms with van der Waals surface area (Å²) in [4.78, 5) is 14.9. The molecule has 0 heterocycles. The van der Waals surface area contributed by atoms with Gasteiger partial charge in [-0.3, -0.25) is 9.10 Å². The zero-order valence-corrected chi connectivity index (χ0v) is 20.2. The predicted molar refractivity (Wildman–Crippen MR) is 133 cm³/mol. The van der Waals surface area contributed by atoms with Crippen LogP contribution < -0.4 is 9.62 Å². The van der Waals surface area contributed by atoms with E-state index < -0.39 is 10.0 Å². The van der Waals surface area contributed by atoms with Crippen LogP contribution in [-0.4, -0.2) is 46.4 Å². The molecule has 0 saturated carbocycles. The van der Waals surface area contributed by atoms with Gasteiger partial charge in [0.05, 0.1) is 10.6 Å². The number of hydrogen-bond donors (Lipinski definition) is 1. The molecule has 1 amide bonds. The summed E-state index contributed by atoms with van der Waals surface area (Å²) in [6.07, 6.45) is 0.795. The molecule has 0 atom stereocenters. The highest BCUT2D eigenvalue weighted by Crippen LogP contribution is 2.23. The summed E-state index contributed by atoms with van der Waals surface area (Å²) >= 11 is 0. The minimum absolute atomic E-state index is 0.0841. The molecule has 174 valence electrons. The van der Waals surface area contributed by atoms with Crippen LogP contribution >= 0.6 is 0 Å². The van der Waals surface area contributed by atoms with Crippen LogP contribution in [0.15, 0.2) is 83.8 Å². The van der Waals surface area contributed by atoms with Crippen LogP contribution in [-0.2, 0) is 16.6 Å². The first-order chi connectivity index (χ1) is 15.8. The van der Waals surface area contributed by atoms with Crippen molar-refractivity contribution in [2.75, 3.05) is 31.5 Å². The molecule has 0 saturated heterocycles. The van der Waals surface area contributed by atoms with Crippen molar-refractivity contribution in [2.24, 2.45) is 0 Å². The lowest BCUT2D eigenvalue weighted by molar-refractivity contribution is 0.0951. The Bertz CT molecular complexity index is 1160. The standard InChI is InChI=1S/C26H31N3O3S/c1-21-13-15-24(16-14-21)29(3)33(31,32)25-12-7-11-23(19-25)26(30)27-17-8-18-28(2)20-22-9-5-4-6-10-22/h4-7,9-16,19H,8,17-18,20H2,1-3H3,(H,27,30). The smallest absolute Gasteiger partial charge is 0.264 e. The first-order valence-electron chi connectivity index (χ1n) is 10.9. The second kappa shape index (κ2) is 11.1. The van der Waals surface area contributed by atoms with E-state index in [1.54, 1.807) is 24.3 Å². The SMILES string of the molecule is Cc1ccc(N(C)S(=O)(=O)c2cccc(C(=O)NCCCN(C)Cc3ccccc3)c2)cc1. The van der Waals surface area contributed by atoms with Gasteiger partial charge in [-0.2, -0.15) is 0 Å². The third-order valence-electron chi connectivity index (χ3n) is 5.45. The van der Waals surface area contributed by atoms with Crippen LogP contribution in [0.2, 0.25) is 0 Å². The molecule has 7 heteroatoms. The maximum atomic E-state index is 13.1. The molecule has 3 aromatic carbocycles. The van der Waals surface area contributed by atoms with Gasteiger partial charge in [0.15, 0.2) is 0 Å². The minimum Gasteiger partial charge on any atom is -0.352 e. The highest BCUT2D eigenvalue weighted by molar-refractivity contribution is 7.92. The third-order valence-corrected chi connectivity index (χ3v) is 7.23. The van der Waals surface area contributed by atoms with Gasteiger partial charge < -0.3 is 10.2 Å². The molecule has 6 nitrogen and oxygen atoms in total. The van der Waals surface area contributed by atoms with Gasteiger partial charge in [-0.15, -0.1) is 0 Å². The number of nitrogens with zero attached hydrogens (tertiary/aromatic N) is 2. The number of amides is 1. The lowest BCUT2D eigenvalue weighted by Crippen LogP contribution is -2.29. The van der Waals surface area contributed by atoms with E-state index in [-0.39, 0.29) is 10.8 Å². The zero-order valence-electron chi connectivity index (χ0n) is 19.4. The molecule has 0 aromatic heterocycles. The Hall–Kier alpha value is -3.16. The lowest BCUT2D eigenvalue weighted by Gasteiger charge is -2.20. The fourth-order valence-corrected chi connectivity index (χ4v) is 4.72. The van der Waals surface area contributed by atoms with Crippen molar-refractivity contribution < 1.29 is 13.2 Å². The maximum Gasteiger partial charge on any atom is 0.264 e. The summed E-state index contributed by atoms with van der Waals surface area (Å²) < 4.78 is 27.4. The fraction of sp³-hybridized carbons (Fsp3) is 0.269. The molecular formula is C26H31N3O3S. The van der Waals surface area contributed by atoms with Gasteiger partial charge in [0.2, 0.25) is 0 Å². The highest BCUT2D eigenvalue weighted by Gasteiger charge is 2.22. The van der Waals surface area contributed by atoms with Crippen molar-refractivity contribution in [1.82, 2.24) is 10.2 Å². The Morgan fingerprint density at radius 3 is 2.30 bits per heavy atom. The van der Waals surface area contributed by atoms with Crippen LogP contribution in [0.3, 0.4) is 0 Å². The summed E-state index contributed by atoms with van der Waals surface area (Å²) in [5.74, 6) is -0.282. The average molecular weight is 466 g/mol. The van der Waals surface area contributed by atoms with Crippen LogP contribution in [0.5, 0.6) is 0 Å². The molecule has 0 aliphatic carbocycles. The third kappa shape index (κ3) is 6.66. The van der Waals surface area contributed by atoms with Gasteiger partial charge in [0, 0.05) is 25.7 Å². The van der Waals surface area contributed by atoms with E-state index in [1.165, 1.54) is 29.0 Å². The molecule has 33 heavy (non-hydrogen) atoms. The molecule has 0 radical (unpaired) electrons. The second-order valence-corrected chi connectivity index (χ2v) is 10.1. The van der Waals surface area contributed by atoms with Crippen molar-refractivity contribution in [2.45, 2.75) is 24.8 Å². The lowest BCUT2D eigenvalue weighted by atomic mass is 10.2. The first kappa shape index (κ1) is 24.5.